The quantitative estimate of drug-likeness (QED) is 0.0895. The third-order valence-electron chi connectivity index (χ3n) is 11.7. The summed E-state index contributed by atoms with van der Waals surface area (Å²) in [6, 6.07) is 13.5. The number of carbonyl (C=O) groups is 3. The number of nitrogens with one attached hydrogen (secondary N) is 2. The molecule has 22 nitrogen and oxygen atoms in total. The lowest BCUT2D eigenvalue weighted by molar-refractivity contribution is -0.191. The average molecular weight is 1200 g/mol. The van der Waals surface area contributed by atoms with E-state index in [9.17, 15) is 42.3 Å². The van der Waals surface area contributed by atoms with Gasteiger partial charge in [-0.15, -0.1) is 0 Å². The average Bonchev–Trinajstić information content (AvgIpc) is 4.27. The van der Waals surface area contributed by atoms with Crippen molar-refractivity contribution in [2.45, 2.75) is 133 Å². The highest BCUT2D eigenvalue weighted by Gasteiger charge is 2.24. The van der Waals surface area contributed by atoms with Crippen LogP contribution in [0.25, 0.3) is 33.4 Å². The van der Waals surface area contributed by atoms with Crippen LogP contribution in [0.4, 0.5) is 8.78 Å². The van der Waals surface area contributed by atoms with Gasteiger partial charge in [0.05, 0.1) is 51.3 Å². The summed E-state index contributed by atoms with van der Waals surface area (Å²) >= 11 is 11.5. The van der Waals surface area contributed by atoms with E-state index in [1.165, 1.54) is 47.0 Å². The van der Waals surface area contributed by atoms with Gasteiger partial charge in [-0.05, 0) is 113 Å². The second-order valence-corrected chi connectivity index (χ2v) is 19.3. The maximum absolute atomic E-state index is 13.7. The first-order chi connectivity index (χ1) is 38.3. The Morgan fingerprint density at radius 2 is 1.13 bits per heavy atom. The second kappa shape index (κ2) is 33.7. The van der Waals surface area contributed by atoms with Crippen LogP contribution in [0.2, 0.25) is 10.3 Å². The van der Waals surface area contributed by atoms with Crippen molar-refractivity contribution in [3.05, 3.63) is 159 Å². The van der Waals surface area contributed by atoms with E-state index in [-0.39, 0.29) is 54.9 Å². The number of rotatable bonds is 9. The number of hydrogen-bond acceptors (Lipinski definition) is 17. The van der Waals surface area contributed by atoms with Crippen molar-refractivity contribution in [2.75, 3.05) is 19.8 Å². The zero-order valence-electron chi connectivity index (χ0n) is 45.6. The van der Waals surface area contributed by atoms with Crippen molar-refractivity contribution >= 4 is 69.3 Å². The number of aryl methyl sites for hydroxylation is 2. The largest absolute Gasteiger partial charge is 0.478 e. The highest BCUT2D eigenvalue weighted by Crippen LogP contribution is 2.28. The van der Waals surface area contributed by atoms with E-state index in [1.54, 1.807) is 42.7 Å². The van der Waals surface area contributed by atoms with E-state index in [1.807, 2.05) is 41.5 Å². The number of carboxylic acids is 1. The molecular formula is C57H68Cl2F2N8O14. The molecule has 2 aliphatic rings. The van der Waals surface area contributed by atoms with Crippen molar-refractivity contribution in [3.63, 3.8) is 0 Å². The lowest BCUT2D eigenvalue weighted by Gasteiger charge is -2.17. The summed E-state index contributed by atoms with van der Waals surface area (Å²) < 4.78 is 49.4. The van der Waals surface area contributed by atoms with Gasteiger partial charge in [0.25, 0.3) is 11.1 Å². The van der Waals surface area contributed by atoms with E-state index in [2.05, 4.69) is 48.5 Å². The van der Waals surface area contributed by atoms with Gasteiger partial charge in [-0.1, -0.05) is 83.9 Å². The minimum atomic E-state index is -1.49. The number of nitrogens with zero attached hydrogens (tertiary/aromatic N) is 6. The lowest BCUT2D eigenvalue weighted by Crippen LogP contribution is -2.32. The van der Waals surface area contributed by atoms with Crippen LogP contribution in [0.1, 0.15) is 134 Å². The molecule has 0 saturated carbocycles. The van der Waals surface area contributed by atoms with Gasteiger partial charge >= 0.3 is 35.4 Å². The highest BCUT2D eigenvalue weighted by molar-refractivity contribution is 6.30. The van der Waals surface area contributed by atoms with E-state index >= 15 is 0 Å². The van der Waals surface area contributed by atoms with Gasteiger partial charge in [0.2, 0.25) is 6.10 Å². The molecule has 6 aromatic heterocycles. The Bertz CT molecular complexity index is 3430. The number of esters is 2. The van der Waals surface area contributed by atoms with Gasteiger partial charge in [0, 0.05) is 32.5 Å². The summed E-state index contributed by atoms with van der Waals surface area (Å²) in [5.41, 5.74) is 1.36. The summed E-state index contributed by atoms with van der Waals surface area (Å²) in [5.74, 6) is -4.41. The zero-order chi connectivity index (χ0) is 60.2. The predicted octanol–water partition coefficient (Wildman–Crippen LogP) is 9.31. The molecule has 1 aromatic carbocycles. The molecule has 2 unspecified atom stereocenters. The van der Waals surface area contributed by atoms with E-state index in [0.29, 0.717) is 40.5 Å². The number of aromatic nitrogens is 8. The topological polar surface area (TPSA) is 304 Å². The number of hydrogen-bond donors (Lipinski definition) is 3. The van der Waals surface area contributed by atoms with Crippen LogP contribution < -0.4 is 22.5 Å². The van der Waals surface area contributed by atoms with Gasteiger partial charge in [0.1, 0.15) is 6.61 Å². The number of aromatic amines is 2. The normalized spacial score (nSPS) is 14.2. The Kier molecular flexibility index (Phi) is 28.8. The number of ether oxygens (including phenoxy) is 4. The number of H-pyrrole nitrogens is 2. The molecular weight excluding hydrogens is 1130 g/mol. The van der Waals surface area contributed by atoms with Crippen molar-refractivity contribution in [2.24, 2.45) is 0 Å². The second-order valence-electron chi connectivity index (χ2n) is 18.6. The van der Waals surface area contributed by atoms with Crippen LogP contribution in [-0.4, -0.2) is 106 Å². The molecule has 0 bridgehead atoms. The maximum atomic E-state index is 13.7. The van der Waals surface area contributed by atoms with Crippen LogP contribution >= 0.6 is 23.2 Å². The highest BCUT2D eigenvalue weighted by atomic mass is 35.5. The lowest BCUT2D eigenvalue weighted by atomic mass is 10.0. The molecule has 0 amide bonds. The van der Waals surface area contributed by atoms with Crippen LogP contribution in [0.15, 0.2) is 86.2 Å². The molecule has 2 fully saturated rings. The maximum Gasteiger partial charge on any atom is 0.373 e. The number of aliphatic carboxylic acids is 1. The molecule has 448 valence electrons. The number of pyridine rings is 4. The third kappa shape index (κ3) is 19.8. The monoisotopic (exact) mass is 1200 g/mol. The SMILES string of the molecule is C.C.CC(=O)O[C@H](COC(=O)c1ccccc1)C(=O)O.CC1CCCO1.CC1CCCO1.Cc1ccnc(C(C)C)c1-n1c(=O)[nH]c(=O)c2cc(F)c(Cl)nc21.Cc1ccnc(C(C)C)c1-n1c(=O)[nH]c(=O)c2cc(F)c(Cl)nc21.O=C=O. The van der Waals surface area contributed by atoms with E-state index < -0.39 is 75.1 Å². The third-order valence-corrected chi connectivity index (χ3v) is 12.2. The molecule has 0 spiro atoms. The van der Waals surface area contributed by atoms with Crippen molar-refractivity contribution in [3.8, 4) is 11.4 Å². The van der Waals surface area contributed by atoms with E-state index in [4.69, 9.17) is 52.1 Å². The smallest absolute Gasteiger partial charge is 0.373 e. The molecule has 3 N–H and O–H groups in total. The van der Waals surface area contributed by atoms with Gasteiger partial charge in [-0.3, -0.25) is 34.3 Å². The number of fused-ring (bicyclic) bond motifs is 2. The molecule has 7 aromatic rings. The summed E-state index contributed by atoms with van der Waals surface area (Å²) in [6.45, 7) is 18.1. The minimum Gasteiger partial charge on any atom is -0.478 e. The summed E-state index contributed by atoms with van der Waals surface area (Å²) in [5, 5.41) is 7.80. The van der Waals surface area contributed by atoms with Gasteiger partial charge < -0.3 is 24.1 Å². The minimum absolute atomic E-state index is 0. The predicted molar refractivity (Wildman–Crippen MR) is 307 cm³/mol. The first kappa shape index (κ1) is 71.0. The van der Waals surface area contributed by atoms with Crippen LogP contribution in [0.3, 0.4) is 0 Å². The van der Waals surface area contributed by atoms with Gasteiger partial charge in [0.15, 0.2) is 33.2 Å². The Morgan fingerprint density at radius 1 is 0.735 bits per heavy atom. The van der Waals surface area contributed by atoms with Crippen LogP contribution in [0, 0.1) is 25.5 Å². The first-order valence-corrected chi connectivity index (χ1v) is 25.9. The Hall–Kier alpha value is -8.15. The Labute approximate surface area is 486 Å². The number of benzene rings is 1. The first-order valence-electron chi connectivity index (χ1n) is 25.1. The number of carboxylic acid groups (broad SMARTS) is 1. The van der Waals surface area contributed by atoms with Crippen LogP contribution in [0.5, 0.6) is 0 Å². The zero-order valence-corrected chi connectivity index (χ0v) is 47.1. The van der Waals surface area contributed by atoms with Crippen molar-refractivity contribution < 1.29 is 56.8 Å². The Morgan fingerprint density at radius 3 is 1.45 bits per heavy atom. The molecule has 26 heteroatoms. The number of carbonyl (C=O) groups excluding carboxylic acids is 4. The molecule has 8 heterocycles. The molecule has 0 aliphatic carbocycles. The fourth-order valence-corrected chi connectivity index (χ4v) is 8.12. The molecule has 3 atom stereocenters. The van der Waals surface area contributed by atoms with Crippen LogP contribution in [-0.2, 0) is 38.1 Å². The molecule has 0 radical (unpaired) electrons. The summed E-state index contributed by atoms with van der Waals surface area (Å²) in [7, 11) is 0. The number of halogens is 4. The van der Waals surface area contributed by atoms with E-state index in [0.717, 1.165) is 43.4 Å². The fourth-order valence-electron chi connectivity index (χ4n) is 7.85. The van der Waals surface area contributed by atoms with Gasteiger partial charge in [-0.2, -0.15) is 9.59 Å². The molecule has 83 heavy (non-hydrogen) atoms. The summed E-state index contributed by atoms with van der Waals surface area (Å²) in [6.07, 6.45) is 8.20. The fraction of sp³-hybridized carbons (Fsp3) is 0.404. The standard InChI is InChI=1S/2C16H14ClFN4O2.C12H12O6.2C5H10O.CO2.2CH4/c2*1-7(2)11-12(8(3)4-5-19-11)22-14-9(15(23)21-16(22)24)6-10(18)13(17)20-14;1-8(13)18-10(11(14)15)7-17-12(16)9-5-3-2-4-6-9;2*1-5-3-2-4-6-5;2-1-3;;/h2*4-7H,1-3H3,(H,21,23,24);2-6,10H,7H2,1H3,(H,14,15);2*5H,2-4H2,1H3;;2*1H4/t;;10-;;;;;/m..1...../s1. The molecule has 2 aliphatic heterocycles. The van der Waals surface area contributed by atoms with Crippen molar-refractivity contribution in [1.29, 1.82) is 0 Å². The summed E-state index contributed by atoms with van der Waals surface area (Å²) in [4.78, 5) is 119. The molecule has 9 rings (SSSR count). The van der Waals surface area contributed by atoms with Gasteiger partial charge in [-0.25, -0.2) is 47.1 Å². The Balaban J connectivity index is 0.000000375. The van der Waals surface area contributed by atoms with Crippen molar-refractivity contribution in [1.82, 2.24) is 39.0 Å². The molecule has 2 saturated heterocycles.